The predicted octanol–water partition coefficient (Wildman–Crippen LogP) is 1.96. The maximum atomic E-state index is 13.1. The van der Waals surface area contributed by atoms with E-state index < -0.39 is 23.0 Å². The second kappa shape index (κ2) is 7.90. The summed E-state index contributed by atoms with van der Waals surface area (Å²) in [5.41, 5.74) is 0.275. The Morgan fingerprint density at radius 1 is 0.968 bits per heavy atom. The number of aryl methyl sites for hydroxylation is 1. The smallest absolute Gasteiger partial charge is 0.326 e. The van der Waals surface area contributed by atoms with Crippen molar-refractivity contribution in [2.45, 2.75) is 6.54 Å². The topological polar surface area (TPSA) is 103 Å². The van der Waals surface area contributed by atoms with E-state index in [1.165, 1.54) is 47.5 Å². The summed E-state index contributed by atoms with van der Waals surface area (Å²) in [6.45, 7) is -0.253. The molecule has 0 aliphatic carbocycles. The van der Waals surface area contributed by atoms with Crippen LogP contribution in [0.2, 0.25) is 0 Å². The Morgan fingerprint density at radius 3 is 2.32 bits per heavy atom. The monoisotopic (exact) mass is 422 g/mol. The van der Waals surface area contributed by atoms with Gasteiger partial charge in [-0.1, -0.05) is 18.2 Å². The molecule has 2 aromatic carbocycles. The first-order chi connectivity index (χ1) is 14.8. The molecule has 2 N–H and O–H groups in total. The molecule has 2 aromatic heterocycles. The molecule has 158 valence electrons. The molecule has 0 aliphatic heterocycles. The highest BCUT2D eigenvalue weighted by atomic mass is 19.1. The fourth-order valence-corrected chi connectivity index (χ4v) is 3.22. The molecule has 0 saturated heterocycles. The summed E-state index contributed by atoms with van der Waals surface area (Å²) in [7, 11) is 2.87. The van der Waals surface area contributed by atoms with Gasteiger partial charge in [0.15, 0.2) is 11.2 Å². The molecule has 0 aliphatic rings. The van der Waals surface area contributed by atoms with Gasteiger partial charge >= 0.3 is 5.69 Å². The molecule has 0 radical (unpaired) electrons. The summed E-state index contributed by atoms with van der Waals surface area (Å²) >= 11 is 0. The molecule has 0 spiro atoms. The van der Waals surface area contributed by atoms with E-state index in [-0.39, 0.29) is 23.7 Å². The molecule has 9 nitrogen and oxygen atoms in total. The molecule has 4 aromatic rings. The molecule has 0 atom stereocenters. The fourth-order valence-electron chi connectivity index (χ4n) is 3.22. The largest absolute Gasteiger partial charge is 0.332 e. The number of amides is 1. The number of para-hydroxylation sites is 1. The van der Waals surface area contributed by atoms with Crippen LogP contribution in [-0.2, 0) is 25.4 Å². The molecular weight excluding hydrogens is 403 g/mol. The number of nitrogens with zero attached hydrogens (tertiary/aromatic N) is 4. The molecule has 4 rings (SSSR count). The number of fused-ring (bicyclic) bond motifs is 1. The minimum Gasteiger partial charge on any atom is -0.326 e. The average Bonchev–Trinajstić information content (AvgIpc) is 3.11. The van der Waals surface area contributed by atoms with Crippen molar-refractivity contribution >= 4 is 34.4 Å². The Balaban J connectivity index is 1.79. The van der Waals surface area contributed by atoms with E-state index >= 15 is 0 Å². The van der Waals surface area contributed by atoms with Gasteiger partial charge < -0.3 is 10.6 Å². The lowest BCUT2D eigenvalue weighted by molar-refractivity contribution is -0.116. The van der Waals surface area contributed by atoms with E-state index in [1.807, 2.05) is 18.2 Å². The summed E-state index contributed by atoms with van der Waals surface area (Å²) in [5.74, 6) is -0.635. The van der Waals surface area contributed by atoms with Crippen molar-refractivity contribution in [1.29, 1.82) is 0 Å². The highest BCUT2D eigenvalue weighted by Crippen LogP contribution is 2.20. The highest BCUT2D eigenvalue weighted by molar-refractivity contribution is 5.92. The van der Waals surface area contributed by atoms with Gasteiger partial charge in [0.1, 0.15) is 12.4 Å². The van der Waals surface area contributed by atoms with Crippen molar-refractivity contribution in [2.75, 3.05) is 10.6 Å². The molecule has 2 heterocycles. The van der Waals surface area contributed by atoms with E-state index in [0.29, 0.717) is 11.4 Å². The number of carbonyl (C=O) groups is 1. The number of benzene rings is 2. The minimum atomic E-state index is -0.568. The van der Waals surface area contributed by atoms with Crippen molar-refractivity contribution in [2.24, 2.45) is 14.1 Å². The van der Waals surface area contributed by atoms with Crippen LogP contribution in [0.1, 0.15) is 0 Å². The SMILES string of the molecule is Cn1c(=O)c2c(nc(Nc3ccccc3)n2CC(=O)Nc2ccc(F)cc2)n(C)c1=O. The van der Waals surface area contributed by atoms with Crippen LogP contribution in [0.15, 0.2) is 64.2 Å². The summed E-state index contributed by atoms with van der Waals surface area (Å²) < 4.78 is 16.8. The minimum absolute atomic E-state index is 0.109. The van der Waals surface area contributed by atoms with E-state index in [4.69, 9.17) is 0 Å². The van der Waals surface area contributed by atoms with Crippen molar-refractivity contribution < 1.29 is 9.18 Å². The van der Waals surface area contributed by atoms with Crippen LogP contribution in [0.5, 0.6) is 0 Å². The second-order valence-electron chi connectivity index (χ2n) is 6.95. The Hall–Kier alpha value is -4.21. The molecule has 0 saturated carbocycles. The number of hydrogen-bond acceptors (Lipinski definition) is 5. The van der Waals surface area contributed by atoms with E-state index in [2.05, 4.69) is 15.6 Å². The normalized spacial score (nSPS) is 10.9. The lowest BCUT2D eigenvalue weighted by atomic mass is 10.3. The lowest BCUT2D eigenvalue weighted by Crippen LogP contribution is -2.37. The van der Waals surface area contributed by atoms with Gasteiger partial charge in [0, 0.05) is 25.5 Å². The fraction of sp³-hybridized carbons (Fsp3) is 0.143. The van der Waals surface area contributed by atoms with Crippen LogP contribution in [0.3, 0.4) is 0 Å². The van der Waals surface area contributed by atoms with E-state index in [9.17, 15) is 18.8 Å². The number of carbonyl (C=O) groups excluding carboxylic acids is 1. The zero-order valence-corrected chi connectivity index (χ0v) is 16.8. The Morgan fingerprint density at radius 2 is 1.65 bits per heavy atom. The van der Waals surface area contributed by atoms with Gasteiger partial charge in [-0.3, -0.25) is 23.3 Å². The van der Waals surface area contributed by atoms with Gasteiger partial charge in [0.2, 0.25) is 11.9 Å². The third-order valence-electron chi connectivity index (χ3n) is 4.81. The van der Waals surface area contributed by atoms with Crippen molar-refractivity contribution in [3.8, 4) is 0 Å². The third kappa shape index (κ3) is 3.82. The van der Waals surface area contributed by atoms with Crippen LogP contribution in [0, 0.1) is 5.82 Å². The summed E-state index contributed by atoms with van der Waals surface area (Å²) in [6.07, 6.45) is 0. The molecular formula is C21H19FN6O3. The van der Waals surface area contributed by atoms with Crippen molar-refractivity contribution in [3.63, 3.8) is 0 Å². The van der Waals surface area contributed by atoms with Gasteiger partial charge in [-0.05, 0) is 36.4 Å². The number of halogens is 1. The number of imidazole rings is 1. The van der Waals surface area contributed by atoms with Gasteiger partial charge in [0.25, 0.3) is 5.56 Å². The van der Waals surface area contributed by atoms with Crippen LogP contribution in [0.25, 0.3) is 11.2 Å². The average molecular weight is 422 g/mol. The zero-order valence-electron chi connectivity index (χ0n) is 16.8. The number of hydrogen-bond donors (Lipinski definition) is 2. The first-order valence-corrected chi connectivity index (χ1v) is 9.39. The van der Waals surface area contributed by atoms with E-state index in [1.54, 1.807) is 12.1 Å². The number of nitrogens with one attached hydrogen (secondary N) is 2. The van der Waals surface area contributed by atoms with Gasteiger partial charge in [-0.2, -0.15) is 4.98 Å². The first kappa shape index (κ1) is 20.1. The summed E-state index contributed by atoms with van der Waals surface area (Å²) in [6, 6.07) is 14.4. The Labute approximate surface area is 175 Å². The maximum absolute atomic E-state index is 13.1. The lowest BCUT2D eigenvalue weighted by Gasteiger charge is -2.11. The number of aromatic nitrogens is 4. The standard InChI is InChI=1S/C21H19FN6O3/c1-26-18-17(19(30)27(2)21(26)31)28(20(25-18)24-14-6-4-3-5-7-14)12-16(29)23-15-10-8-13(22)9-11-15/h3-11H,12H2,1-2H3,(H,23,29)(H,24,25). The van der Waals surface area contributed by atoms with Gasteiger partial charge in [-0.25, -0.2) is 9.18 Å². The number of anilines is 3. The molecule has 31 heavy (non-hydrogen) atoms. The van der Waals surface area contributed by atoms with Crippen LogP contribution >= 0.6 is 0 Å². The number of rotatable bonds is 5. The first-order valence-electron chi connectivity index (χ1n) is 9.39. The predicted molar refractivity (Wildman–Crippen MR) is 115 cm³/mol. The third-order valence-corrected chi connectivity index (χ3v) is 4.81. The van der Waals surface area contributed by atoms with Crippen LogP contribution < -0.4 is 21.9 Å². The summed E-state index contributed by atoms with van der Waals surface area (Å²) in [4.78, 5) is 42.3. The van der Waals surface area contributed by atoms with E-state index in [0.717, 1.165) is 4.57 Å². The quantitative estimate of drug-likeness (QED) is 0.512. The summed E-state index contributed by atoms with van der Waals surface area (Å²) in [5, 5.41) is 5.75. The zero-order chi connectivity index (χ0) is 22.1. The molecule has 0 bridgehead atoms. The molecule has 0 fully saturated rings. The van der Waals surface area contributed by atoms with Crippen molar-refractivity contribution in [1.82, 2.24) is 18.7 Å². The second-order valence-corrected chi connectivity index (χ2v) is 6.95. The highest BCUT2D eigenvalue weighted by Gasteiger charge is 2.21. The molecule has 10 heteroatoms. The maximum Gasteiger partial charge on any atom is 0.332 e. The Bertz CT molecular complexity index is 1390. The van der Waals surface area contributed by atoms with Crippen molar-refractivity contribution in [3.05, 3.63) is 81.3 Å². The van der Waals surface area contributed by atoms with Gasteiger partial charge in [0.05, 0.1) is 0 Å². The molecule has 0 unspecified atom stereocenters. The Kier molecular flexibility index (Phi) is 5.12. The van der Waals surface area contributed by atoms with Gasteiger partial charge in [-0.15, -0.1) is 0 Å². The van der Waals surface area contributed by atoms with Crippen LogP contribution in [-0.4, -0.2) is 24.6 Å². The van der Waals surface area contributed by atoms with Crippen LogP contribution in [0.4, 0.5) is 21.7 Å². The molecule has 1 amide bonds.